The van der Waals surface area contributed by atoms with Gasteiger partial charge in [0.25, 0.3) is 0 Å². The Morgan fingerprint density at radius 2 is 2.43 bits per heavy atom. The van der Waals surface area contributed by atoms with E-state index >= 15 is 0 Å². The zero-order valence-electron chi connectivity index (χ0n) is 12.2. The van der Waals surface area contributed by atoms with Crippen LogP contribution in [0.2, 0.25) is 0 Å². The van der Waals surface area contributed by atoms with Crippen molar-refractivity contribution in [1.29, 1.82) is 0 Å². The van der Waals surface area contributed by atoms with Crippen LogP contribution in [0.5, 0.6) is 5.75 Å². The van der Waals surface area contributed by atoms with E-state index in [0.29, 0.717) is 19.8 Å². The van der Waals surface area contributed by atoms with Crippen molar-refractivity contribution < 1.29 is 14.6 Å². The Hall–Kier alpha value is -1.63. The number of aliphatic hydroxyl groups is 1. The van der Waals surface area contributed by atoms with Gasteiger partial charge in [0.1, 0.15) is 12.4 Å². The third-order valence-corrected chi connectivity index (χ3v) is 3.63. The van der Waals surface area contributed by atoms with Gasteiger partial charge in [-0.3, -0.25) is 4.68 Å². The molecular formula is C15H21N3O3. The summed E-state index contributed by atoms with van der Waals surface area (Å²) >= 11 is 0. The number of ether oxygens (including phenoxy) is 2. The monoisotopic (exact) mass is 291 g/mol. The molecule has 3 rings (SSSR count). The molecule has 1 aliphatic rings. The fraction of sp³-hybridized carbons (Fsp3) is 0.533. The molecular weight excluding hydrogens is 270 g/mol. The van der Waals surface area contributed by atoms with Crippen LogP contribution < -0.4 is 10.5 Å². The van der Waals surface area contributed by atoms with Crippen molar-refractivity contribution in [3.8, 4) is 5.75 Å². The molecule has 2 atom stereocenters. The normalized spacial score (nSPS) is 19.3. The molecule has 2 heterocycles. The predicted molar refractivity (Wildman–Crippen MR) is 79.4 cm³/mol. The number of hydrogen-bond donors (Lipinski definition) is 2. The van der Waals surface area contributed by atoms with E-state index in [-0.39, 0.29) is 18.8 Å². The van der Waals surface area contributed by atoms with Crippen molar-refractivity contribution in [3.05, 3.63) is 23.9 Å². The molecule has 0 saturated heterocycles. The number of benzene rings is 1. The van der Waals surface area contributed by atoms with Crippen molar-refractivity contribution in [2.75, 3.05) is 19.8 Å². The second kappa shape index (κ2) is 6.01. The van der Waals surface area contributed by atoms with Gasteiger partial charge in [-0.1, -0.05) is 0 Å². The summed E-state index contributed by atoms with van der Waals surface area (Å²) in [6, 6.07) is 4.04. The maximum Gasteiger partial charge on any atom is 0.124 e. The van der Waals surface area contributed by atoms with Gasteiger partial charge in [0.2, 0.25) is 0 Å². The molecule has 6 heteroatoms. The highest BCUT2D eigenvalue weighted by Gasteiger charge is 2.24. The van der Waals surface area contributed by atoms with Crippen molar-refractivity contribution in [2.24, 2.45) is 5.73 Å². The van der Waals surface area contributed by atoms with Gasteiger partial charge in [0, 0.05) is 23.4 Å². The van der Waals surface area contributed by atoms with Crippen LogP contribution in [0.3, 0.4) is 0 Å². The number of nitrogens with two attached hydrogens (primary N) is 1. The molecule has 1 aromatic heterocycles. The summed E-state index contributed by atoms with van der Waals surface area (Å²) in [6.07, 6.45) is 2.59. The highest BCUT2D eigenvalue weighted by molar-refractivity contribution is 5.84. The second-order valence-electron chi connectivity index (χ2n) is 5.52. The topological polar surface area (TPSA) is 82.5 Å². The summed E-state index contributed by atoms with van der Waals surface area (Å²) in [6.45, 7) is 3.50. The van der Waals surface area contributed by atoms with Crippen molar-refractivity contribution in [3.63, 3.8) is 0 Å². The second-order valence-corrected chi connectivity index (χ2v) is 5.52. The number of nitrogens with zero attached hydrogens (tertiary/aromatic N) is 2. The molecule has 1 aromatic carbocycles. The molecule has 0 fully saturated rings. The van der Waals surface area contributed by atoms with E-state index in [1.54, 1.807) is 0 Å². The van der Waals surface area contributed by atoms with Crippen LogP contribution in [0, 0.1) is 0 Å². The molecule has 0 bridgehead atoms. The minimum Gasteiger partial charge on any atom is -0.491 e. The van der Waals surface area contributed by atoms with E-state index in [4.69, 9.17) is 20.3 Å². The lowest BCUT2D eigenvalue weighted by Gasteiger charge is -2.26. The van der Waals surface area contributed by atoms with Crippen LogP contribution in [-0.2, 0) is 17.7 Å². The van der Waals surface area contributed by atoms with E-state index in [1.165, 1.54) is 0 Å². The Morgan fingerprint density at radius 1 is 1.57 bits per heavy atom. The Balaban J connectivity index is 1.96. The molecule has 0 aliphatic carbocycles. The number of fused-ring (bicyclic) bond motifs is 3. The zero-order chi connectivity index (χ0) is 14.8. The molecule has 3 N–H and O–H groups in total. The molecule has 0 radical (unpaired) electrons. The number of aromatic nitrogens is 2. The average molecular weight is 291 g/mol. The number of aliphatic hydroxyl groups excluding tert-OH is 1. The third-order valence-electron chi connectivity index (χ3n) is 3.63. The molecule has 2 aromatic rings. The van der Waals surface area contributed by atoms with Gasteiger partial charge in [0.05, 0.1) is 37.6 Å². The minimum absolute atomic E-state index is 0.0240. The first kappa shape index (κ1) is 14.3. The van der Waals surface area contributed by atoms with Crippen LogP contribution in [0.4, 0.5) is 0 Å². The molecule has 0 amide bonds. The van der Waals surface area contributed by atoms with Gasteiger partial charge in [-0.05, 0) is 19.1 Å². The maximum atomic E-state index is 8.88. The zero-order valence-corrected chi connectivity index (χ0v) is 12.2. The van der Waals surface area contributed by atoms with Crippen molar-refractivity contribution >= 4 is 10.9 Å². The largest absolute Gasteiger partial charge is 0.491 e. The summed E-state index contributed by atoms with van der Waals surface area (Å²) in [4.78, 5) is 0. The van der Waals surface area contributed by atoms with Crippen LogP contribution in [0.1, 0.15) is 12.5 Å². The summed E-state index contributed by atoms with van der Waals surface area (Å²) < 4.78 is 13.3. The molecule has 21 heavy (non-hydrogen) atoms. The van der Waals surface area contributed by atoms with E-state index in [9.17, 15) is 0 Å². The van der Waals surface area contributed by atoms with Gasteiger partial charge in [-0.2, -0.15) is 5.10 Å². The van der Waals surface area contributed by atoms with Gasteiger partial charge in [-0.15, -0.1) is 0 Å². The summed E-state index contributed by atoms with van der Waals surface area (Å²) in [7, 11) is 0. The standard InChI is InChI=1S/C15H21N3O3/c1-10(16)8-18-15-11(7-17-18)2-3-14-13(15)6-12(9-21-14)20-5-4-19/h2-3,7,10,12,19H,4-6,8-9,16H2,1H3. The first-order valence-electron chi connectivity index (χ1n) is 7.27. The maximum absolute atomic E-state index is 8.88. The van der Waals surface area contributed by atoms with E-state index in [1.807, 2.05) is 29.9 Å². The fourth-order valence-electron chi connectivity index (χ4n) is 2.77. The van der Waals surface area contributed by atoms with Crippen molar-refractivity contribution in [1.82, 2.24) is 9.78 Å². The highest BCUT2D eigenvalue weighted by atomic mass is 16.5. The van der Waals surface area contributed by atoms with Crippen molar-refractivity contribution in [2.45, 2.75) is 32.0 Å². The van der Waals surface area contributed by atoms with Gasteiger partial charge >= 0.3 is 0 Å². The van der Waals surface area contributed by atoms with Crippen LogP contribution in [-0.4, -0.2) is 46.9 Å². The molecule has 2 unspecified atom stereocenters. The third kappa shape index (κ3) is 2.88. The lowest BCUT2D eigenvalue weighted by atomic mass is 10.0. The quantitative estimate of drug-likeness (QED) is 0.847. The van der Waals surface area contributed by atoms with E-state index < -0.39 is 0 Å². The Morgan fingerprint density at radius 3 is 3.19 bits per heavy atom. The van der Waals surface area contributed by atoms with Crippen LogP contribution >= 0.6 is 0 Å². The van der Waals surface area contributed by atoms with Crippen LogP contribution in [0.15, 0.2) is 18.3 Å². The van der Waals surface area contributed by atoms with Gasteiger partial charge in [-0.25, -0.2) is 0 Å². The molecule has 0 saturated carbocycles. The SMILES string of the molecule is CC(N)Cn1ncc2ccc3c(c21)CC(OCCO)CO3. The Kier molecular flexibility index (Phi) is 4.10. The predicted octanol–water partition coefficient (Wildman–Crippen LogP) is 0.696. The number of rotatable bonds is 5. The molecule has 0 spiro atoms. The average Bonchev–Trinajstić information content (AvgIpc) is 2.87. The molecule has 1 aliphatic heterocycles. The first-order chi connectivity index (χ1) is 10.2. The first-order valence-corrected chi connectivity index (χ1v) is 7.27. The summed E-state index contributed by atoms with van der Waals surface area (Å²) in [5.41, 5.74) is 8.08. The summed E-state index contributed by atoms with van der Waals surface area (Å²) in [5, 5.41) is 14.4. The number of hydrogen-bond acceptors (Lipinski definition) is 5. The lowest BCUT2D eigenvalue weighted by molar-refractivity contribution is -0.00441. The fourth-order valence-corrected chi connectivity index (χ4v) is 2.77. The van der Waals surface area contributed by atoms with Crippen LogP contribution in [0.25, 0.3) is 10.9 Å². The minimum atomic E-state index is -0.0334. The smallest absolute Gasteiger partial charge is 0.124 e. The van der Waals surface area contributed by atoms with E-state index in [0.717, 1.165) is 28.6 Å². The van der Waals surface area contributed by atoms with Gasteiger partial charge < -0.3 is 20.3 Å². The highest BCUT2D eigenvalue weighted by Crippen LogP contribution is 2.32. The van der Waals surface area contributed by atoms with Gasteiger partial charge in [0.15, 0.2) is 0 Å². The molecule has 114 valence electrons. The Labute approximate surface area is 123 Å². The lowest BCUT2D eigenvalue weighted by Crippen LogP contribution is -2.30. The Bertz CT molecular complexity index is 624. The summed E-state index contributed by atoms with van der Waals surface area (Å²) in [5.74, 6) is 0.887. The molecule has 6 nitrogen and oxygen atoms in total. The van der Waals surface area contributed by atoms with E-state index in [2.05, 4.69) is 5.10 Å².